The molecule has 0 radical (unpaired) electrons. The van der Waals surface area contributed by atoms with Crippen molar-refractivity contribution in [2.75, 3.05) is 5.32 Å². The number of hydrogen-bond acceptors (Lipinski definition) is 4. The Balaban J connectivity index is 1.63. The van der Waals surface area contributed by atoms with Crippen molar-refractivity contribution < 1.29 is 13.6 Å². The number of nitrogens with zero attached hydrogens (tertiary/aromatic N) is 4. The molecule has 32 heavy (non-hydrogen) atoms. The molecule has 5 aromatic rings. The SMILES string of the molecule is O=C(Cn1c2ccccc2n2c(=O)cc(-c3cccnc3)nc12)Nc1ccc(F)cc1F. The van der Waals surface area contributed by atoms with E-state index in [2.05, 4.69) is 15.3 Å². The number of pyridine rings is 1. The Labute approximate surface area is 179 Å². The predicted molar refractivity (Wildman–Crippen MR) is 115 cm³/mol. The van der Waals surface area contributed by atoms with Crippen molar-refractivity contribution in [2.24, 2.45) is 0 Å². The molecule has 3 aromatic heterocycles. The van der Waals surface area contributed by atoms with Crippen LogP contribution in [-0.4, -0.2) is 24.8 Å². The summed E-state index contributed by atoms with van der Waals surface area (Å²) >= 11 is 0. The first kappa shape index (κ1) is 19.6. The summed E-state index contributed by atoms with van der Waals surface area (Å²) in [7, 11) is 0. The summed E-state index contributed by atoms with van der Waals surface area (Å²) in [5.41, 5.74) is 1.81. The minimum atomic E-state index is -0.881. The fourth-order valence-electron chi connectivity index (χ4n) is 3.61. The Morgan fingerprint density at radius 2 is 1.81 bits per heavy atom. The molecule has 0 aliphatic carbocycles. The molecular weight excluding hydrogens is 416 g/mol. The van der Waals surface area contributed by atoms with Gasteiger partial charge >= 0.3 is 0 Å². The Kier molecular flexibility index (Phi) is 4.70. The summed E-state index contributed by atoms with van der Waals surface area (Å²) in [6.45, 7) is -0.239. The van der Waals surface area contributed by atoms with E-state index < -0.39 is 17.5 Å². The van der Waals surface area contributed by atoms with Crippen molar-refractivity contribution in [3.63, 3.8) is 0 Å². The van der Waals surface area contributed by atoms with Gasteiger partial charge in [0, 0.05) is 30.1 Å². The monoisotopic (exact) mass is 431 g/mol. The van der Waals surface area contributed by atoms with E-state index >= 15 is 0 Å². The van der Waals surface area contributed by atoms with E-state index in [1.807, 2.05) is 0 Å². The van der Waals surface area contributed by atoms with Gasteiger partial charge < -0.3 is 9.88 Å². The van der Waals surface area contributed by atoms with Crippen LogP contribution in [-0.2, 0) is 11.3 Å². The number of para-hydroxylation sites is 2. The number of benzene rings is 2. The summed E-state index contributed by atoms with van der Waals surface area (Å²) in [5.74, 6) is -1.92. The Hall–Kier alpha value is -4.40. The maximum Gasteiger partial charge on any atom is 0.260 e. The molecule has 1 N–H and O–H groups in total. The number of hydrogen-bond donors (Lipinski definition) is 1. The maximum atomic E-state index is 14.0. The number of rotatable bonds is 4. The minimum Gasteiger partial charge on any atom is -0.322 e. The van der Waals surface area contributed by atoms with E-state index in [1.165, 1.54) is 10.5 Å². The highest BCUT2D eigenvalue weighted by Gasteiger charge is 2.18. The zero-order valence-corrected chi connectivity index (χ0v) is 16.5. The van der Waals surface area contributed by atoms with Crippen molar-refractivity contribution in [3.8, 4) is 11.3 Å². The molecule has 0 spiro atoms. The van der Waals surface area contributed by atoms with Crippen LogP contribution in [0, 0.1) is 11.6 Å². The van der Waals surface area contributed by atoms with Crippen LogP contribution >= 0.6 is 0 Å². The number of amides is 1. The van der Waals surface area contributed by atoms with Crippen LogP contribution in [0.5, 0.6) is 0 Å². The van der Waals surface area contributed by atoms with E-state index in [1.54, 1.807) is 53.4 Å². The number of fused-ring (bicyclic) bond motifs is 3. The van der Waals surface area contributed by atoms with Gasteiger partial charge in [-0.1, -0.05) is 12.1 Å². The molecule has 0 saturated carbocycles. The highest BCUT2D eigenvalue weighted by molar-refractivity contribution is 5.93. The molecule has 5 rings (SSSR count). The molecule has 0 aliphatic rings. The van der Waals surface area contributed by atoms with Crippen molar-refractivity contribution in [3.05, 3.63) is 95.0 Å². The average Bonchev–Trinajstić information content (AvgIpc) is 3.10. The summed E-state index contributed by atoms with van der Waals surface area (Å²) in [6, 6.07) is 14.9. The fourth-order valence-corrected chi connectivity index (χ4v) is 3.61. The standard InChI is InChI=1S/C23H15F2N5O2/c24-15-7-8-17(16(25)10-15)27-21(31)13-29-19-5-1-2-6-20(19)30-22(32)11-18(28-23(29)30)14-4-3-9-26-12-14/h1-12H,13H2,(H,27,31). The second-order valence-electron chi connectivity index (χ2n) is 7.10. The van der Waals surface area contributed by atoms with Crippen LogP contribution in [0.25, 0.3) is 28.1 Å². The van der Waals surface area contributed by atoms with Gasteiger partial charge in [0.05, 0.1) is 22.4 Å². The number of aromatic nitrogens is 4. The third-order valence-corrected chi connectivity index (χ3v) is 5.02. The molecule has 1 amide bonds. The van der Waals surface area contributed by atoms with Crippen molar-refractivity contribution in [2.45, 2.75) is 6.54 Å². The van der Waals surface area contributed by atoms with Gasteiger partial charge in [-0.2, -0.15) is 0 Å². The highest BCUT2D eigenvalue weighted by Crippen LogP contribution is 2.22. The summed E-state index contributed by atoms with van der Waals surface area (Å²) in [4.78, 5) is 34.4. The topological polar surface area (TPSA) is 81.3 Å². The number of halogens is 2. The van der Waals surface area contributed by atoms with Gasteiger partial charge in [-0.15, -0.1) is 0 Å². The molecular formula is C23H15F2N5O2. The smallest absolute Gasteiger partial charge is 0.260 e. The van der Waals surface area contributed by atoms with Crippen LogP contribution in [0.1, 0.15) is 0 Å². The first-order valence-electron chi connectivity index (χ1n) is 9.67. The van der Waals surface area contributed by atoms with E-state index in [9.17, 15) is 18.4 Å². The van der Waals surface area contributed by atoms with E-state index in [-0.39, 0.29) is 23.6 Å². The molecule has 2 aromatic carbocycles. The first-order valence-corrected chi connectivity index (χ1v) is 9.67. The van der Waals surface area contributed by atoms with E-state index in [4.69, 9.17) is 0 Å². The summed E-state index contributed by atoms with van der Waals surface area (Å²) in [5, 5.41) is 2.44. The lowest BCUT2D eigenvalue weighted by molar-refractivity contribution is -0.116. The van der Waals surface area contributed by atoms with Gasteiger partial charge in [-0.25, -0.2) is 18.2 Å². The van der Waals surface area contributed by atoms with E-state index in [0.29, 0.717) is 28.4 Å². The molecule has 0 saturated heterocycles. The molecule has 0 atom stereocenters. The van der Waals surface area contributed by atoms with Crippen molar-refractivity contribution in [1.82, 2.24) is 18.9 Å². The molecule has 7 nitrogen and oxygen atoms in total. The van der Waals surface area contributed by atoms with Gasteiger partial charge in [0.15, 0.2) is 0 Å². The molecule has 158 valence electrons. The lowest BCUT2D eigenvalue weighted by Gasteiger charge is -2.09. The van der Waals surface area contributed by atoms with E-state index in [0.717, 1.165) is 12.1 Å². The van der Waals surface area contributed by atoms with Gasteiger partial charge in [0.2, 0.25) is 11.7 Å². The number of carbonyl (C=O) groups is 1. The lowest BCUT2D eigenvalue weighted by atomic mass is 10.2. The zero-order chi connectivity index (χ0) is 22.2. The molecule has 0 bridgehead atoms. The van der Waals surface area contributed by atoms with Crippen molar-refractivity contribution >= 4 is 28.4 Å². The van der Waals surface area contributed by atoms with Gasteiger partial charge in [0.25, 0.3) is 5.56 Å². The molecule has 0 fully saturated rings. The Bertz CT molecular complexity index is 1540. The first-order chi connectivity index (χ1) is 15.5. The number of imidazole rings is 1. The third-order valence-electron chi connectivity index (χ3n) is 5.02. The normalized spacial score (nSPS) is 11.2. The molecule has 0 aliphatic heterocycles. The summed E-state index contributed by atoms with van der Waals surface area (Å²) < 4.78 is 30.1. The second kappa shape index (κ2) is 7.69. The van der Waals surface area contributed by atoms with Crippen LogP contribution < -0.4 is 10.9 Å². The largest absolute Gasteiger partial charge is 0.322 e. The Morgan fingerprint density at radius 3 is 2.56 bits per heavy atom. The Morgan fingerprint density at radius 1 is 1.00 bits per heavy atom. The van der Waals surface area contributed by atoms with Crippen LogP contribution in [0.3, 0.4) is 0 Å². The van der Waals surface area contributed by atoms with Crippen LogP contribution in [0.4, 0.5) is 14.5 Å². The summed E-state index contributed by atoms with van der Waals surface area (Å²) in [6.07, 6.45) is 3.21. The maximum absolute atomic E-state index is 14.0. The third kappa shape index (κ3) is 3.39. The number of anilines is 1. The minimum absolute atomic E-state index is 0.140. The average molecular weight is 431 g/mol. The molecule has 9 heteroatoms. The van der Waals surface area contributed by atoms with Gasteiger partial charge in [0.1, 0.15) is 18.2 Å². The molecule has 3 heterocycles. The van der Waals surface area contributed by atoms with Gasteiger partial charge in [-0.05, 0) is 36.4 Å². The van der Waals surface area contributed by atoms with Crippen LogP contribution in [0.15, 0.2) is 77.9 Å². The quantitative estimate of drug-likeness (QED) is 0.471. The van der Waals surface area contributed by atoms with Gasteiger partial charge in [-0.3, -0.25) is 14.6 Å². The highest BCUT2D eigenvalue weighted by atomic mass is 19.1. The van der Waals surface area contributed by atoms with Crippen molar-refractivity contribution in [1.29, 1.82) is 0 Å². The fraction of sp³-hybridized carbons (Fsp3) is 0.0435. The predicted octanol–water partition coefficient (Wildman–Crippen LogP) is 3.63. The number of carbonyl (C=O) groups excluding carboxylic acids is 1. The number of nitrogens with one attached hydrogen (secondary N) is 1. The second-order valence-corrected chi connectivity index (χ2v) is 7.10. The zero-order valence-electron chi connectivity index (χ0n) is 16.5. The van der Waals surface area contributed by atoms with Crippen LogP contribution in [0.2, 0.25) is 0 Å². The molecule has 0 unspecified atom stereocenters. The lowest BCUT2D eigenvalue weighted by Crippen LogP contribution is -2.21.